The lowest BCUT2D eigenvalue weighted by atomic mass is 10.2. The maximum atomic E-state index is 12.0. The van der Waals surface area contributed by atoms with Gasteiger partial charge in [-0.3, -0.25) is 0 Å². The largest absolute Gasteiger partial charge is 0.392 e. The number of hydrogen-bond acceptors (Lipinski definition) is 3. The van der Waals surface area contributed by atoms with Crippen LogP contribution in [0.2, 0.25) is 5.02 Å². The molecule has 0 aromatic heterocycles. The first-order valence-electron chi connectivity index (χ1n) is 5.75. The Balaban J connectivity index is 2.16. The minimum absolute atomic E-state index is 0.113. The third kappa shape index (κ3) is 3.03. The molecule has 0 spiro atoms. The molecule has 0 atom stereocenters. The predicted octanol–water partition coefficient (Wildman–Crippen LogP) is 1.91. The lowest BCUT2D eigenvalue weighted by molar-refractivity contribution is 0.282. The molecule has 0 aliphatic heterocycles. The number of aliphatic hydroxyl groups is 1. The van der Waals surface area contributed by atoms with Gasteiger partial charge in [0.25, 0.3) is 0 Å². The number of aliphatic hydroxyl groups excluding tert-OH is 1. The summed E-state index contributed by atoms with van der Waals surface area (Å²) in [5.41, 5.74) is 0.631. The standard InChI is InChI=1S/C12H16ClNO3S/c1-12(4-5-12)8-14-18(16,17)10-3-2-9(7-15)11(13)6-10/h2-3,6,14-15H,4-5,7-8H2,1H3. The van der Waals surface area contributed by atoms with Crippen LogP contribution in [0.4, 0.5) is 0 Å². The highest BCUT2D eigenvalue weighted by molar-refractivity contribution is 7.89. The van der Waals surface area contributed by atoms with Crippen molar-refractivity contribution in [3.63, 3.8) is 0 Å². The van der Waals surface area contributed by atoms with E-state index in [0.717, 1.165) is 12.8 Å². The number of benzene rings is 1. The molecule has 2 rings (SSSR count). The highest BCUT2D eigenvalue weighted by Crippen LogP contribution is 2.44. The second-order valence-electron chi connectivity index (χ2n) is 5.05. The van der Waals surface area contributed by atoms with Gasteiger partial charge in [0, 0.05) is 11.6 Å². The molecule has 0 heterocycles. The van der Waals surface area contributed by atoms with Crippen LogP contribution >= 0.6 is 11.6 Å². The van der Waals surface area contributed by atoms with Gasteiger partial charge in [-0.15, -0.1) is 0 Å². The molecule has 1 saturated carbocycles. The van der Waals surface area contributed by atoms with Crippen LogP contribution in [0.5, 0.6) is 0 Å². The summed E-state index contributed by atoms with van der Waals surface area (Å²) < 4.78 is 26.6. The summed E-state index contributed by atoms with van der Waals surface area (Å²) in [6.07, 6.45) is 2.11. The van der Waals surface area contributed by atoms with Crippen LogP contribution in [-0.2, 0) is 16.6 Å². The Morgan fingerprint density at radius 1 is 1.44 bits per heavy atom. The maximum absolute atomic E-state index is 12.0. The molecule has 4 nitrogen and oxygen atoms in total. The summed E-state index contributed by atoms with van der Waals surface area (Å²) in [4.78, 5) is 0.133. The molecule has 100 valence electrons. The van der Waals surface area contributed by atoms with Gasteiger partial charge in [-0.25, -0.2) is 13.1 Å². The summed E-state index contributed by atoms with van der Waals surface area (Å²) in [5.74, 6) is 0. The van der Waals surface area contributed by atoms with Crippen LogP contribution in [0, 0.1) is 5.41 Å². The van der Waals surface area contributed by atoms with Gasteiger partial charge < -0.3 is 5.11 Å². The Morgan fingerprint density at radius 2 is 2.11 bits per heavy atom. The number of hydrogen-bond donors (Lipinski definition) is 2. The fourth-order valence-corrected chi connectivity index (χ4v) is 3.10. The van der Waals surface area contributed by atoms with E-state index in [1.54, 1.807) is 0 Å². The molecule has 1 fully saturated rings. The predicted molar refractivity (Wildman–Crippen MR) is 69.9 cm³/mol. The van der Waals surface area contributed by atoms with Gasteiger partial charge in [0.2, 0.25) is 10.0 Å². The molecule has 0 amide bonds. The summed E-state index contributed by atoms with van der Waals surface area (Å²) in [7, 11) is -3.52. The quantitative estimate of drug-likeness (QED) is 0.870. The molecule has 18 heavy (non-hydrogen) atoms. The number of halogens is 1. The zero-order chi connectivity index (χ0) is 13.4. The summed E-state index contributed by atoms with van der Waals surface area (Å²) in [6.45, 7) is 2.30. The van der Waals surface area contributed by atoms with Crippen molar-refractivity contribution in [3.8, 4) is 0 Å². The lowest BCUT2D eigenvalue weighted by Gasteiger charge is -2.11. The van der Waals surface area contributed by atoms with Gasteiger partial charge in [-0.2, -0.15) is 0 Å². The van der Waals surface area contributed by atoms with Crippen LogP contribution in [0.25, 0.3) is 0 Å². The normalized spacial score (nSPS) is 17.7. The van der Waals surface area contributed by atoms with Crippen molar-refractivity contribution in [2.75, 3.05) is 6.54 Å². The Morgan fingerprint density at radius 3 is 2.61 bits per heavy atom. The van der Waals surface area contributed by atoms with Crippen molar-refractivity contribution in [2.45, 2.75) is 31.3 Å². The average molecular weight is 290 g/mol. The zero-order valence-electron chi connectivity index (χ0n) is 10.1. The van der Waals surface area contributed by atoms with Crippen LogP contribution < -0.4 is 4.72 Å². The molecular weight excluding hydrogens is 274 g/mol. The van der Waals surface area contributed by atoms with E-state index in [1.807, 2.05) is 0 Å². The number of rotatable bonds is 5. The highest BCUT2D eigenvalue weighted by Gasteiger charge is 2.38. The van der Waals surface area contributed by atoms with Crippen molar-refractivity contribution in [3.05, 3.63) is 28.8 Å². The van der Waals surface area contributed by atoms with Crippen LogP contribution in [0.1, 0.15) is 25.3 Å². The molecule has 1 aliphatic carbocycles. The maximum Gasteiger partial charge on any atom is 0.240 e. The second-order valence-corrected chi connectivity index (χ2v) is 7.22. The van der Waals surface area contributed by atoms with Gasteiger partial charge in [-0.1, -0.05) is 24.6 Å². The number of sulfonamides is 1. The summed E-state index contributed by atoms with van der Waals surface area (Å²) in [6, 6.07) is 4.34. The van der Waals surface area contributed by atoms with E-state index in [9.17, 15) is 8.42 Å². The van der Waals surface area contributed by atoms with Crippen LogP contribution in [0.15, 0.2) is 23.1 Å². The molecule has 1 aromatic rings. The summed E-state index contributed by atoms with van der Waals surface area (Å²) in [5, 5.41) is 9.24. The topological polar surface area (TPSA) is 66.4 Å². The lowest BCUT2D eigenvalue weighted by Crippen LogP contribution is -2.29. The molecule has 2 N–H and O–H groups in total. The fourth-order valence-electron chi connectivity index (χ4n) is 1.57. The van der Waals surface area contributed by atoms with E-state index in [4.69, 9.17) is 16.7 Å². The van der Waals surface area contributed by atoms with E-state index in [1.165, 1.54) is 18.2 Å². The van der Waals surface area contributed by atoms with Crippen molar-refractivity contribution < 1.29 is 13.5 Å². The van der Waals surface area contributed by atoms with Crippen molar-refractivity contribution >= 4 is 21.6 Å². The van der Waals surface area contributed by atoms with Crippen molar-refractivity contribution in [1.29, 1.82) is 0 Å². The Bertz CT molecular complexity index is 552. The van der Waals surface area contributed by atoms with Gasteiger partial charge in [0.05, 0.1) is 11.5 Å². The molecule has 0 bridgehead atoms. The van der Waals surface area contributed by atoms with E-state index in [-0.39, 0.29) is 21.9 Å². The Kier molecular flexibility index (Phi) is 3.69. The fraction of sp³-hybridized carbons (Fsp3) is 0.500. The Labute approximate surface area is 112 Å². The second kappa shape index (κ2) is 4.81. The molecular formula is C12H16ClNO3S. The SMILES string of the molecule is CC1(CNS(=O)(=O)c2ccc(CO)c(Cl)c2)CC1. The van der Waals surface area contributed by atoms with E-state index >= 15 is 0 Å². The van der Waals surface area contributed by atoms with Crippen LogP contribution in [0.3, 0.4) is 0 Å². The number of nitrogens with one attached hydrogen (secondary N) is 1. The molecule has 1 aromatic carbocycles. The van der Waals surface area contributed by atoms with E-state index in [2.05, 4.69) is 11.6 Å². The highest BCUT2D eigenvalue weighted by atomic mass is 35.5. The minimum Gasteiger partial charge on any atom is -0.392 e. The van der Waals surface area contributed by atoms with Crippen molar-refractivity contribution in [1.82, 2.24) is 4.72 Å². The van der Waals surface area contributed by atoms with Gasteiger partial charge in [0.1, 0.15) is 0 Å². The summed E-state index contributed by atoms with van der Waals surface area (Å²) >= 11 is 5.89. The van der Waals surface area contributed by atoms with E-state index in [0.29, 0.717) is 12.1 Å². The monoisotopic (exact) mass is 289 g/mol. The van der Waals surface area contributed by atoms with Crippen LogP contribution in [-0.4, -0.2) is 20.1 Å². The molecule has 0 unspecified atom stereocenters. The smallest absolute Gasteiger partial charge is 0.240 e. The minimum atomic E-state index is -3.52. The Hall–Kier alpha value is -0.620. The third-order valence-corrected chi connectivity index (χ3v) is 5.05. The molecule has 0 saturated heterocycles. The molecule has 1 aliphatic rings. The van der Waals surface area contributed by atoms with Gasteiger partial charge >= 0.3 is 0 Å². The average Bonchev–Trinajstić information content (AvgIpc) is 3.06. The zero-order valence-corrected chi connectivity index (χ0v) is 11.7. The van der Waals surface area contributed by atoms with Gasteiger partial charge in [0.15, 0.2) is 0 Å². The van der Waals surface area contributed by atoms with Crippen molar-refractivity contribution in [2.24, 2.45) is 5.41 Å². The van der Waals surface area contributed by atoms with E-state index < -0.39 is 10.0 Å². The third-order valence-electron chi connectivity index (χ3n) is 3.30. The first-order valence-corrected chi connectivity index (χ1v) is 7.61. The molecule has 6 heteroatoms. The first kappa shape index (κ1) is 13.8. The van der Waals surface area contributed by atoms with Gasteiger partial charge in [-0.05, 0) is 36.0 Å². The molecule has 0 radical (unpaired) electrons. The first-order chi connectivity index (χ1) is 8.36.